The van der Waals surface area contributed by atoms with Gasteiger partial charge in [-0.25, -0.2) is 0 Å². The number of nitro benzene ring substituents is 1. The van der Waals surface area contributed by atoms with Crippen LogP contribution in [0.2, 0.25) is 0 Å². The van der Waals surface area contributed by atoms with Crippen LogP contribution in [0.25, 0.3) is 0 Å². The van der Waals surface area contributed by atoms with Gasteiger partial charge in [-0.05, 0) is 18.1 Å². The van der Waals surface area contributed by atoms with Crippen LogP contribution in [0.5, 0.6) is 0 Å². The molecule has 18 heavy (non-hydrogen) atoms. The van der Waals surface area contributed by atoms with Gasteiger partial charge in [-0.2, -0.15) is 0 Å². The Labute approximate surface area is 105 Å². The molecule has 0 radical (unpaired) electrons. The van der Waals surface area contributed by atoms with E-state index in [1.54, 1.807) is 19.2 Å². The number of nitrogens with zero attached hydrogens (tertiary/aromatic N) is 2. The summed E-state index contributed by atoms with van der Waals surface area (Å²) in [7, 11) is 1.70. The van der Waals surface area contributed by atoms with Crippen molar-refractivity contribution in [1.82, 2.24) is 4.90 Å². The third-order valence-corrected chi connectivity index (χ3v) is 3.29. The number of anilines is 1. The molecule has 2 rings (SSSR count). The van der Waals surface area contributed by atoms with Gasteiger partial charge in [0.1, 0.15) is 0 Å². The zero-order chi connectivity index (χ0) is 13.1. The summed E-state index contributed by atoms with van der Waals surface area (Å²) in [6.45, 7) is 2.41. The lowest BCUT2D eigenvalue weighted by Crippen LogP contribution is -2.22. The number of rotatable bonds is 4. The third-order valence-electron chi connectivity index (χ3n) is 3.29. The van der Waals surface area contributed by atoms with Crippen molar-refractivity contribution >= 4 is 11.4 Å². The number of non-ortho nitro benzene ring substituents is 1. The van der Waals surface area contributed by atoms with Crippen molar-refractivity contribution in [2.45, 2.75) is 19.1 Å². The van der Waals surface area contributed by atoms with E-state index in [2.05, 4.69) is 4.90 Å². The van der Waals surface area contributed by atoms with Gasteiger partial charge in [0.05, 0.1) is 11.0 Å². The second-order valence-electron chi connectivity index (χ2n) is 4.52. The Kier molecular flexibility index (Phi) is 3.78. The molecule has 1 saturated heterocycles. The third kappa shape index (κ3) is 2.77. The van der Waals surface area contributed by atoms with Crippen molar-refractivity contribution in [3.05, 3.63) is 33.9 Å². The summed E-state index contributed by atoms with van der Waals surface area (Å²) in [5.74, 6) is 0. The quantitative estimate of drug-likeness (QED) is 0.497. The molecule has 1 atom stereocenters. The molecule has 1 aliphatic rings. The zero-order valence-corrected chi connectivity index (χ0v) is 10.3. The molecular formula is C12H17N3O3. The molecule has 6 heteroatoms. The number of ether oxygens (including phenoxy) is 1. The number of hydrogen-bond donors (Lipinski definition) is 1. The van der Waals surface area contributed by atoms with E-state index in [-0.39, 0.29) is 11.8 Å². The van der Waals surface area contributed by atoms with Gasteiger partial charge in [0, 0.05) is 44.6 Å². The number of hydrogen-bond acceptors (Lipinski definition) is 5. The van der Waals surface area contributed by atoms with Crippen LogP contribution < -0.4 is 5.73 Å². The monoisotopic (exact) mass is 251 g/mol. The molecule has 0 amide bonds. The van der Waals surface area contributed by atoms with Crippen molar-refractivity contribution in [1.29, 1.82) is 0 Å². The first kappa shape index (κ1) is 12.8. The van der Waals surface area contributed by atoms with E-state index in [9.17, 15) is 10.1 Å². The molecular weight excluding hydrogens is 234 g/mol. The molecule has 0 saturated carbocycles. The highest BCUT2D eigenvalue weighted by molar-refractivity contribution is 5.52. The van der Waals surface area contributed by atoms with Crippen LogP contribution in [0.15, 0.2) is 18.2 Å². The molecule has 2 N–H and O–H groups in total. The normalized spacial score (nSPS) is 20.2. The standard InChI is InChI=1S/C12H17N3O3/c1-18-11-4-5-14(8-11)7-9-6-10(15(16)17)2-3-12(9)13/h2-3,6,11H,4-5,7-8,13H2,1H3. The van der Waals surface area contributed by atoms with Crippen molar-refractivity contribution < 1.29 is 9.66 Å². The minimum absolute atomic E-state index is 0.0849. The summed E-state index contributed by atoms with van der Waals surface area (Å²) in [6, 6.07) is 4.58. The average Bonchev–Trinajstić information content (AvgIpc) is 2.79. The molecule has 98 valence electrons. The van der Waals surface area contributed by atoms with Crippen LogP contribution in [0.3, 0.4) is 0 Å². The van der Waals surface area contributed by atoms with E-state index in [4.69, 9.17) is 10.5 Å². The molecule has 1 aromatic rings. The Balaban J connectivity index is 2.09. The van der Waals surface area contributed by atoms with E-state index >= 15 is 0 Å². The van der Waals surface area contributed by atoms with Crippen LogP contribution in [0.4, 0.5) is 11.4 Å². The first-order valence-corrected chi connectivity index (χ1v) is 5.88. The highest BCUT2D eigenvalue weighted by Gasteiger charge is 2.23. The van der Waals surface area contributed by atoms with Crippen LogP contribution in [0.1, 0.15) is 12.0 Å². The molecule has 0 aliphatic carbocycles. The molecule has 1 aromatic carbocycles. The Bertz CT molecular complexity index is 450. The summed E-state index contributed by atoms with van der Waals surface area (Å²) in [5, 5.41) is 10.7. The smallest absolute Gasteiger partial charge is 0.269 e. The maximum Gasteiger partial charge on any atom is 0.269 e. The van der Waals surface area contributed by atoms with Crippen LogP contribution in [-0.4, -0.2) is 36.1 Å². The highest BCUT2D eigenvalue weighted by atomic mass is 16.6. The number of likely N-dealkylation sites (tertiary alicyclic amines) is 1. The second-order valence-corrected chi connectivity index (χ2v) is 4.52. The fraction of sp³-hybridized carbons (Fsp3) is 0.500. The lowest BCUT2D eigenvalue weighted by Gasteiger charge is -2.16. The lowest BCUT2D eigenvalue weighted by molar-refractivity contribution is -0.384. The number of methoxy groups -OCH3 is 1. The summed E-state index contributed by atoms with van der Waals surface area (Å²) in [6.07, 6.45) is 1.25. The first-order chi connectivity index (χ1) is 8.60. The van der Waals surface area contributed by atoms with Gasteiger partial charge in [0.15, 0.2) is 0 Å². The zero-order valence-electron chi connectivity index (χ0n) is 10.3. The van der Waals surface area contributed by atoms with Crippen molar-refractivity contribution in [2.24, 2.45) is 0 Å². The summed E-state index contributed by atoms with van der Waals surface area (Å²) in [5.41, 5.74) is 7.34. The summed E-state index contributed by atoms with van der Waals surface area (Å²) < 4.78 is 5.29. The number of nitrogen functional groups attached to an aromatic ring is 1. The summed E-state index contributed by atoms with van der Waals surface area (Å²) >= 11 is 0. The Morgan fingerprint density at radius 1 is 1.61 bits per heavy atom. The van der Waals surface area contributed by atoms with Crippen molar-refractivity contribution in [3.8, 4) is 0 Å². The molecule has 6 nitrogen and oxygen atoms in total. The van der Waals surface area contributed by atoms with E-state index in [1.807, 2.05) is 0 Å². The highest BCUT2D eigenvalue weighted by Crippen LogP contribution is 2.23. The number of benzene rings is 1. The molecule has 0 spiro atoms. The molecule has 1 fully saturated rings. The molecule has 1 unspecified atom stereocenters. The van der Waals surface area contributed by atoms with E-state index in [0.717, 1.165) is 25.1 Å². The number of nitrogens with two attached hydrogens (primary N) is 1. The minimum Gasteiger partial charge on any atom is -0.398 e. The first-order valence-electron chi connectivity index (χ1n) is 5.88. The summed E-state index contributed by atoms with van der Waals surface area (Å²) in [4.78, 5) is 12.5. The van der Waals surface area contributed by atoms with Gasteiger partial charge in [0.2, 0.25) is 0 Å². The minimum atomic E-state index is -0.398. The lowest BCUT2D eigenvalue weighted by atomic mass is 10.1. The largest absolute Gasteiger partial charge is 0.398 e. The maximum atomic E-state index is 10.7. The van der Waals surface area contributed by atoms with Crippen molar-refractivity contribution in [3.63, 3.8) is 0 Å². The van der Waals surface area contributed by atoms with Gasteiger partial charge in [-0.15, -0.1) is 0 Å². The van der Waals surface area contributed by atoms with Crippen LogP contribution in [-0.2, 0) is 11.3 Å². The Hall–Kier alpha value is -1.66. The van der Waals surface area contributed by atoms with Gasteiger partial charge in [-0.3, -0.25) is 15.0 Å². The van der Waals surface area contributed by atoms with Crippen molar-refractivity contribution in [2.75, 3.05) is 25.9 Å². The predicted octanol–water partition coefficient (Wildman–Crippen LogP) is 1.40. The fourth-order valence-electron chi connectivity index (χ4n) is 2.22. The fourth-order valence-corrected chi connectivity index (χ4v) is 2.22. The molecule has 0 bridgehead atoms. The van der Waals surface area contributed by atoms with Gasteiger partial charge < -0.3 is 10.5 Å². The molecule has 1 heterocycles. The average molecular weight is 251 g/mol. The van der Waals surface area contributed by atoms with E-state index < -0.39 is 4.92 Å². The predicted molar refractivity (Wildman–Crippen MR) is 68.2 cm³/mol. The van der Waals surface area contributed by atoms with Gasteiger partial charge >= 0.3 is 0 Å². The topological polar surface area (TPSA) is 81.6 Å². The van der Waals surface area contributed by atoms with E-state index in [0.29, 0.717) is 12.2 Å². The number of nitro groups is 1. The van der Waals surface area contributed by atoms with Crippen LogP contribution >= 0.6 is 0 Å². The Morgan fingerprint density at radius 2 is 2.39 bits per heavy atom. The molecule has 1 aliphatic heterocycles. The van der Waals surface area contributed by atoms with Gasteiger partial charge in [-0.1, -0.05) is 0 Å². The molecule has 0 aromatic heterocycles. The van der Waals surface area contributed by atoms with Gasteiger partial charge in [0.25, 0.3) is 5.69 Å². The maximum absolute atomic E-state index is 10.7. The van der Waals surface area contributed by atoms with E-state index in [1.165, 1.54) is 6.07 Å². The SMILES string of the molecule is COC1CCN(Cc2cc([N+](=O)[O-])ccc2N)C1. The Morgan fingerprint density at radius 3 is 3.00 bits per heavy atom. The van der Waals surface area contributed by atoms with Crippen LogP contribution in [0, 0.1) is 10.1 Å². The second kappa shape index (κ2) is 5.32.